The van der Waals surface area contributed by atoms with Gasteiger partial charge in [0.2, 0.25) is 0 Å². The van der Waals surface area contributed by atoms with Crippen LogP contribution in [0.15, 0.2) is 47.7 Å². The van der Waals surface area contributed by atoms with Crippen molar-refractivity contribution in [2.45, 2.75) is 26.3 Å². The lowest BCUT2D eigenvalue weighted by Gasteiger charge is -2.18. The quantitative estimate of drug-likeness (QED) is 0.745. The Bertz CT molecular complexity index is 871. The highest BCUT2D eigenvalue weighted by molar-refractivity contribution is 5.77. The normalized spacial score (nSPS) is 12.5. The molecule has 1 atom stereocenters. The third-order valence-electron chi connectivity index (χ3n) is 3.76. The molecule has 5 heteroatoms. The van der Waals surface area contributed by atoms with Crippen molar-refractivity contribution in [1.82, 2.24) is 14.5 Å². The van der Waals surface area contributed by atoms with E-state index in [2.05, 4.69) is 9.97 Å². The van der Waals surface area contributed by atoms with E-state index in [0.29, 0.717) is 11.9 Å². The molecule has 0 aliphatic rings. The highest BCUT2D eigenvalue weighted by Gasteiger charge is 2.17. The molecule has 2 heterocycles. The Morgan fingerprint density at radius 2 is 2.05 bits per heavy atom. The molecule has 0 fully saturated rings. The van der Waals surface area contributed by atoms with Gasteiger partial charge >= 0.3 is 0 Å². The van der Waals surface area contributed by atoms with Gasteiger partial charge in [0.25, 0.3) is 5.56 Å². The zero-order chi connectivity index (χ0) is 15.7. The van der Waals surface area contributed by atoms with E-state index in [1.807, 2.05) is 26.0 Å². The zero-order valence-corrected chi connectivity index (χ0v) is 12.5. The van der Waals surface area contributed by atoms with Crippen molar-refractivity contribution in [3.8, 4) is 0 Å². The van der Waals surface area contributed by atoms with Crippen molar-refractivity contribution >= 4 is 10.9 Å². The maximum absolute atomic E-state index is 14.0. The highest BCUT2D eigenvalue weighted by atomic mass is 19.1. The third-order valence-corrected chi connectivity index (χ3v) is 3.76. The van der Waals surface area contributed by atoms with E-state index >= 15 is 0 Å². The lowest BCUT2D eigenvalue weighted by molar-refractivity contribution is 0.528. The summed E-state index contributed by atoms with van der Waals surface area (Å²) in [5.41, 5.74) is 1.81. The first kappa shape index (κ1) is 14.4. The molecule has 0 N–H and O–H groups in total. The van der Waals surface area contributed by atoms with Crippen LogP contribution in [0.25, 0.3) is 10.9 Å². The SMILES string of the molecule is CCC(c1ccc(C)cn1)n1cnc2cccc(F)c2c1=O. The molecule has 2 aromatic heterocycles. The number of fused-ring (bicyclic) bond motifs is 1. The van der Waals surface area contributed by atoms with E-state index in [1.165, 1.54) is 17.0 Å². The van der Waals surface area contributed by atoms with Gasteiger partial charge in [0.1, 0.15) is 11.2 Å². The average Bonchev–Trinajstić information content (AvgIpc) is 2.52. The van der Waals surface area contributed by atoms with Gasteiger partial charge < -0.3 is 0 Å². The molecule has 0 bridgehead atoms. The topological polar surface area (TPSA) is 47.8 Å². The van der Waals surface area contributed by atoms with Crippen LogP contribution in [0.1, 0.15) is 30.6 Å². The first-order valence-corrected chi connectivity index (χ1v) is 7.19. The highest BCUT2D eigenvalue weighted by Crippen LogP contribution is 2.20. The Morgan fingerprint density at radius 1 is 1.23 bits per heavy atom. The molecular formula is C17H16FN3O. The maximum atomic E-state index is 14.0. The van der Waals surface area contributed by atoms with Gasteiger partial charge in [-0.3, -0.25) is 14.3 Å². The molecule has 3 aromatic rings. The van der Waals surface area contributed by atoms with Crippen LogP contribution in [0, 0.1) is 12.7 Å². The van der Waals surface area contributed by atoms with Crippen LogP contribution < -0.4 is 5.56 Å². The summed E-state index contributed by atoms with van der Waals surface area (Å²) in [4.78, 5) is 21.2. The van der Waals surface area contributed by atoms with Gasteiger partial charge in [-0.15, -0.1) is 0 Å². The molecule has 0 saturated heterocycles. The minimum Gasteiger partial charge on any atom is -0.289 e. The Morgan fingerprint density at radius 3 is 2.73 bits per heavy atom. The zero-order valence-electron chi connectivity index (χ0n) is 12.5. The fraction of sp³-hybridized carbons (Fsp3) is 0.235. The summed E-state index contributed by atoms with van der Waals surface area (Å²) < 4.78 is 15.4. The van der Waals surface area contributed by atoms with Crippen LogP contribution in [0.4, 0.5) is 4.39 Å². The number of hydrogen-bond donors (Lipinski definition) is 0. The van der Waals surface area contributed by atoms with E-state index in [9.17, 15) is 9.18 Å². The van der Waals surface area contributed by atoms with Gasteiger partial charge in [-0.1, -0.05) is 19.1 Å². The third kappa shape index (κ3) is 2.39. The molecule has 22 heavy (non-hydrogen) atoms. The van der Waals surface area contributed by atoms with Crippen molar-refractivity contribution in [1.29, 1.82) is 0 Å². The number of aromatic nitrogens is 3. The fourth-order valence-corrected chi connectivity index (χ4v) is 2.58. The largest absolute Gasteiger partial charge is 0.289 e. The van der Waals surface area contributed by atoms with Crippen LogP contribution in [-0.2, 0) is 0 Å². The molecule has 0 aliphatic heterocycles. The molecule has 0 amide bonds. The van der Waals surface area contributed by atoms with Crippen LogP contribution in [0.3, 0.4) is 0 Å². The second kappa shape index (κ2) is 5.67. The molecule has 3 rings (SSSR count). The minimum atomic E-state index is -0.545. The lowest BCUT2D eigenvalue weighted by Crippen LogP contribution is -2.26. The van der Waals surface area contributed by atoms with E-state index in [4.69, 9.17) is 0 Å². The number of nitrogens with zero attached hydrogens (tertiary/aromatic N) is 3. The molecule has 0 spiro atoms. The number of aryl methyl sites for hydroxylation is 1. The van der Waals surface area contributed by atoms with E-state index in [0.717, 1.165) is 11.3 Å². The summed E-state index contributed by atoms with van der Waals surface area (Å²) >= 11 is 0. The Kier molecular flexibility index (Phi) is 3.71. The van der Waals surface area contributed by atoms with E-state index in [-0.39, 0.29) is 17.0 Å². The standard InChI is InChI=1S/C17H16FN3O/c1-3-15(13-8-7-11(2)9-19-13)21-10-20-14-6-4-5-12(18)16(14)17(21)22/h4-10,15H,3H2,1-2H3. The van der Waals surface area contributed by atoms with Crippen LogP contribution >= 0.6 is 0 Å². The van der Waals surface area contributed by atoms with Crippen molar-refractivity contribution in [2.75, 3.05) is 0 Å². The molecule has 0 radical (unpaired) electrons. The molecular weight excluding hydrogens is 281 g/mol. The van der Waals surface area contributed by atoms with E-state index in [1.54, 1.807) is 18.3 Å². The monoisotopic (exact) mass is 297 g/mol. The van der Waals surface area contributed by atoms with Gasteiger partial charge in [-0.05, 0) is 37.1 Å². The Hall–Kier alpha value is -2.56. The number of pyridine rings is 1. The predicted molar refractivity (Wildman–Crippen MR) is 83.4 cm³/mol. The Balaban J connectivity index is 2.19. The van der Waals surface area contributed by atoms with Crippen LogP contribution in [0.5, 0.6) is 0 Å². The smallest absolute Gasteiger partial charge is 0.264 e. The number of halogens is 1. The van der Waals surface area contributed by atoms with Crippen molar-refractivity contribution < 1.29 is 4.39 Å². The summed E-state index contributed by atoms with van der Waals surface area (Å²) in [5.74, 6) is -0.545. The van der Waals surface area contributed by atoms with Gasteiger partial charge in [0, 0.05) is 6.20 Å². The predicted octanol–water partition coefficient (Wildman–Crippen LogP) is 3.24. The average molecular weight is 297 g/mol. The van der Waals surface area contributed by atoms with E-state index < -0.39 is 5.82 Å². The maximum Gasteiger partial charge on any atom is 0.264 e. The van der Waals surface area contributed by atoms with Crippen LogP contribution in [0.2, 0.25) is 0 Å². The molecule has 1 aromatic carbocycles. The Labute approximate surface area is 127 Å². The number of rotatable bonds is 3. The first-order valence-electron chi connectivity index (χ1n) is 7.19. The van der Waals surface area contributed by atoms with Crippen molar-refractivity contribution in [3.63, 3.8) is 0 Å². The summed E-state index contributed by atoms with van der Waals surface area (Å²) in [6, 6.07) is 8.04. The second-order valence-electron chi connectivity index (χ2n) is 5.28. The molecule has 1 unspecified atom stereocenters. The first-order chi connectivity index (χ1) is 10.6. The molecule has 112 valence electrons. The summed E-state index contributed by atoms with van der Waals surface area (Å²) in [5, 5.41) is 0.0237. The van der Waals surface area contributed by atoms with Gasteiger partial charge in [0.05, 0.1) is 23.6 Å². The summed E-state index contributed by atoms with van der Waals surface area (Å²) in [6.07, 6.45) is 3.90. The number of hydrogen-bond acceptors (Lipinski definition) is 3. The van der Waals surface area contributed by atoms with Crippen molar-refractivity contribution in [3.05, 3.63) is 70.3 Å². The fourth-order valence-electron chi connectivity index (χ4n) is 2.58. The van der Waals surface area contributed by atoms with Crippen molar-refractivity contribution in [2.24, 2.45) is 0 Å². The minimum absolute atomic E-state index is 0.0237. The summed E-state index contributed by atoms with van der Waals surface area (Å²) in [6.45, 7) is 3.92. The second-order valence-corrected chi connectivity index (χ2v) is 5.28. The summed E-state index contributed by atoms with van der Waals surface area (Å²) in [7, 11) is 0. The number of benzene rings is 1. The van der Waals surface area contributed by atoms with Gasteiger partial charge in [-0.2, -0.15) is 0 Å². The molecule has 0 saturated carbocycles. The van der Waals surface area contributed by atoms with Gasteiger partial charge in [-0.25, -0.2) is 9.37 Å². The molecule has 4 nitrogen and oxygen atoms in total. The van der Waals surface area contributed by atoms with Gasteiger partial charge in [0.15, 0.2) is 0 Å². The van der Waals surface area contributed by atoms with Crippen LogP contribution in [-0.4, -0.2) is 14.5 Å². The molecule has 0 aliphatic carbocycles. The lowest BCUT2D eigenvalue weighted by atomic mass is 10.1.